The van der Waals surface area contributed by atoms with Gasteiger partial charge in [-0.2, -0.15) is 5.26 Å². The van der Waals surface area contributed by atoms with Gasteiger partial charge in [-0.3, -0.25) is 9.59 Å². The van der Waals surface area contributed by atoms with Crippen molar-refractivity contribution < 1.29 is 9.59 Å². The lowest BCUT2D eigenvalue weighted by Crippen LogP contribution is -2.44. The van der Waals surface area contributed by atoms with E-state index in [1.54, 1.807) is 13.1 Å². The average molecular weight is 430 g/mol. The molecule has 1 aliphatic rings. The van der Waals surface area contributed by atoms with Crippen LogP contribution in [0, 0.1) is 11.3 Å². The molecular weight excluding hydrogens is 402 g/mol. The van der Waals surface area contributed by atoms with Crippen molar-refractivity contribution in [1.29, 1.82) is 5.26 Å². The average Bonchev–Trinajstić information content (AvgIpc) is 3.22. The summed E-state index contributed by atoms with van der Waals surface area (Å²) in [5.74, 6) is -0.0721. The maximum absolute atomic E-state index is 12.5. The summed E-state index contributed by atoms with van der Waals surface area (Å²) in [6, 6.07) is 16.1. The normalized spacial score (nSPS) is 14.2. The smallest absolute Gasteiger partial charge is 0.251 e. The fourth-order valence-electron chi connectivity index (χ4n) is 4.23. The van der Waals surface area contributed by atoms with Gasteiger partial charge in [-0.1, -0.05) is 6.07 Å². The van der Waals surface area contributed by atoms with E-state index < -0.39 is 0 Å². The van der Waals surface area contributed by atoms with Gasteiger partial charge in [0, 0.05) is 61.0 Å². The minimum absolute atomic E-state index is 0.0238. The number of benzene rings is 2. The van der Waals surface area contributed by atoms with Gasteiger partial charge in [-0.15, -0.1) is 0 Å². The second kappa shape index (κ2) is 9.56. The van der Waals surface area contributed by atoms with Crippen LogP contribution in [0.3, 0.4) is 0 Å². The predicted molar refractivity (Wildman–Crippen MR) is 125 cm³/mol. The zero-order chi connectivity index (χ0) is 22.5. The number of hydrogen-bond donors (Lipinski definition) is 3. The molecule has 1 aliphatic heterocycles. The molecule has 2 aromatic carbocycles. The van der Waals surface area contributed by atoms with Crippen LogP contribution < -0.4 is 15.5 Å². The number of nitrogens with one attached hydrogen (secondary N) is 3. The van der Waals surface area contributed by atoms with E-state index in [4.69, 9.17) is 0 Å². The van der Waals surface area contributed by atoms with Crippen LogP contribution in [0.25, 0.3) is 10.9 Å². The van der Waals surface area contributed by atoms with Gasteiger partial charge in [-0.25, -0.2) is 0 Å². The first-order valence-corrected chi connectivity index (χ1v) is 10.9. The number of fused-ring (bicyclic) bond motifs is 1. The van der Waals surface area contributed by atoms with Crippen LogP contribution >= 0.6 is 0 Å². The Morgan fingerprint density at radius 2 is 1.91 bits per heavy atom. The molecule has 1 fully saturated rings. The molecule has 3 aromatic rings. The molecule has 0 saturated carbocycles. The Bertz CT molecular complexity index is 1150. The predicted octanol–water partition coefficient (Wildman–Crippen LogP) is 3.12. The SMILES string of the molecule is CC(=O)NC1CCN(c2ccc(C(=O)NCCc3ccc4[nH]cc(C#N)c4c3)cc2)CC1. The molecule has 1 aromatic heterocycles. The van der Waals surface area contributed by atoms with E-state index in [9.17, 15) is 14.9 Å². The number of hydrogen-bond acceptors (Lipinski definition) is 4. The van der Waals surface area contributed by atoms with Crippen LogP contribution in [0.5, 0.6) is 0 Å². The fourth-order valence-corrected chi connectivity index (χ4v) is 4.23. The van der Waals surface area contributed by atoms with Crippen molar-refractivity contribution >= 4 is 28.4 Å². The molecule has 1 saturated heterocycles. The number of anilines is 1. The number of rotatable bonds is 6. The van der Waals surface area contributed by atoms with E-state index in [0.29, 0.717) is 24.1 Å². The molecule has 3 N–H and O–H groups in total. The molecule has 0 aliphatic carbocycles. The van der Waals surface area contributed by atoms with Crippen LogP contribution in [0.2, 0.25) is 0 Å². The number of aromatic amines is 1. The third-order valence-electron chi connectivity index (χ3n) is 5.96. The number of piperidine rings is 1. The second-order valence-electron chi connectivity index (χ2n) is 8.21. The number of carbonyl (C=O) groups excluding carboxylic acids is 2. The largest absolute Gasteiger partial charge is 0.371 e. The van der Waals surface area contributed by atoms with E-state index in [2.05, 4.69) is 26.6 Å². The summed E-state index contributed by atoms with van der Waals surface area (Å²) < 4.78 is 0. The summed E-state index contributed by atoms with van der Waals surface area (Å²) in [5, 5.41) is 16.1. The Morgan fingerprint density at radius 1 is 1.16 bits per heavy atom. The Labute approximate surface area is 187 Å². The molecule has 2 heterocycles. The van der Waals surface area contributed by atoms with E-state index in [-0.39, 0.29) is 17.9 Å². The lowest BCUT2D eigenvalue weighted by Gasteiger charge is -2.33. The molecule has 7 heteroatoms. The molecule has 0 atom stereocenters. The first-order chi connectivity index (χ1) is 15.5. The highest BCUT2D eigenvalue weighted by molar-refractivity contribution is 5.94. The number of nitrogens with zero attached hydrogens (tertiary/aromatic N) is 2. The molecule has 0 radical (unpaired) electrons. The van der Waals surface area contributed by atoms with E-state index >= 15 is 0 Å². The first kappa shape index (κ1) is 21.4. The molecule has 0 spiro atoms. The lowest BCUT2D eigenvalue weighted by atomic mass is 10.0. The van der Waals surface area contributed by atoms with E-state index in [0.717, 1.165) is 48.1 Å². The molecule has 164 valence electrons. The zero-order valence-corrected chi connectivity index (χ0v) is 18.1. The maximum atomic E-state index is 12.5. The summed E-state index contributed by atoms with van der Waals surface area (Å²) in [5.41, 5.74) is 4.37. The molecule has 0 unspecified atom stereocenters. The van der Waals surface area contributed by atoms with E-state index in [1.165, 1.54) is 0 Å². The molecule has 2 amide bonds. The highest BCUT2D eigenvalue weighted by atomic mass is 16.2. The summed E-state index contributed by atoms with van der Waals surface area (Å²) in [7, 11) is 0. The first-order valence-electron chi connectivity index (χ1n) is 10.9. The second-order valence-corrected chi connectivity index (χ2v) is 8.21. The molecule has 0 bridgehead atoms. The van der Waals surface area contributed by atoms with Gasteiger partial charge in [0.25, 0.3) is 5.91 Å². The summed E-state index contributed by atoms with van der Waals surface area (Å²) in [4.78, 5) is 29.1. The summed E-state index contributed by atoms with van der Waals surface area (Å²) in [6.45, 7) is 3.85. The van der Waals surface area contributed by atoms with Gasteiger partial charge in [0.05, 0.1) is 5.56 Å². The highest BCUT2D eigenvalue weighted by Crippen LogP contribution is 2.21. The minimum Gasteiger partial charge on any atom is -0.371 e. The zero-order valence-electron chi connectivity index (χ0n) is 18.1. The van der Waals surface area contributed by atoms with Gasteiger partial charge in [0.15, 0.2) is 0 Å². The van der Waals surface area contributed by atoms with Crippen LogP contribution in [0.1, 0.15) is 41.3 Å². The van der Waals surface area contributed by atoms with Crippen molar-refractivity contribution in [2.45, 2.75) is 32.2 Å². The standard InChI is InChI=1S/C25H27N5O2/c1-17(31)29-21-9-12-30(13-10-21)22-5-3-19(4-6-22)25(32)27-11-8-18-2-7-24-23(14-18)20(15-26)16-28-24/h2-7,14,16,21,28H,8-13H2,1H3,(H,27,32)(H,29,31). The van der Waals surface area contributed by atoms with Crippen molar-refractivity contribution in [3.8, 4) is 6.07 Å². The Kier molecular flexibility index (Phi) is 6.41. The van der Waals surface area contributed by atoms with Gasteiger partial charge < -0.3 is 20.5 Å². The number of nitriles is 1. The number of amides is 2. The van der Waals surface area contributed by atoms with Crippen molar-refractivity contribution in [3.63, 3.8) is 0 Å². The molecule has 7 nitrogen and oxygen atoms in total. The third kappa shape index (κ3) is 4.92. The lowest BCUT2D eigenvalue weighted by molar-refractivity contribution is -0.119. The molecule has 32 heavy (non-hydrogen) atoms. The van der Waals surface area contributed by atoms with Crippen molar-refractivity contribution in [3.05, 3.63) is 65.4 Å². The number of H-pyrrole nitrogens is 1. The van der Waals surface area contributed by atoms with E-state index in [1.807, 2.05) is 42.5 Å². The number of aromatic nitrogens is 1. The van der Waals surface area contributed by atoms with Gasteiger partial charge in [-0.05, 0) is 61.2 Å². The fraction of sp³-hybridized carbons (Fsp3) is 0.320. The third-order valence-corrected chi connectivity index (χ3v) is 5.96. The number of carbonyl (C=O) groups is 2. The monoisotopic (exact) mass is 429 g/mol. The maximum Gasteiger partial charge on any atom is 0.251 e. The van der Waals surface area contributed by atoms with Crippen LogP contribution in [-0.4, -0.2) is 42.5 Å². The quantitative estimate of drug-likeness (QED) is 0.560. The Morgan fingerprint density at radius 3 is 2.59 bits per heavy atom. The Balaban J connectivity index is 1.28. The minimum atomic E-state index is -0.0960. The topological polar surface area (TPSA) is 101 Å². The summed E-state index contributed by atoms with van der Waals surface area (Å²) >= 11 is 0. The molecule has 4 rings (SSSR count). The highest BCUT2D eigenvalue weighted by Gasteiger charge is 2.20. The van der Waals surface area contributed by atoms with Crippen molar-refractivity contribution in [2.24, 2.45) is 0 Å². The van der Waals surface area contributed by atoms with Crippen LogP contribution in [0.15, 0.2) is 48.7 Å². The van der Waals surface area contributed by atoms with Gasteiger partial charge in [0.1, 0.15) is 6.07 Å². The van der Waals surface area contributed by atoms with Crippen LogP contribution in [-0.2, 0) is 11.2 Å². The molecular formula is C25H27N5O2. The Hall–Kier alpha value is -3.79. The summed E-state index contributed by atoms with van der Waals surface area (Å²) in [6.07, 6.45) is 4.25. The van der Waals surface area contributed by atoms with Crippen LogP contribution in [0.4, 0.5) is 5.69 Å². The van der Waals surface area contributed by atoms with Gasteiger partial charge >= 0.3 is 0 Å². The van der Waals surface area contributed by atoms with Crippen molar-refractivity contribution in [1.82, 2.24) is 15.6 Å². The van der Waals surface area contributed by atoms with Gasteiger partial charge in [0.2, 0.25) is 5.91 Å². The van der Waals surface area contributed by atoms with Crippen molar-refractivity contribution in [2.75, 3.05) is 24.5 Å².